The Morgan fingerprint density at radius 2 is 1.53 bits per heavy atom. The Hall–Kier alpha value is -3.26. The SMILES string of the molecule is Cc1c(NC(=O)CSCC(=O)Nc2ccccc2C(C)C)c(=O)n(-c2ccccc2)n1C. The third kappa shape index (κ3) is 5.31. The molecule has 0 saturated carbocycles. The number of carbonyl (C=O) groups excluding carboxylic acids is 2. The number of carbonyl (C=O) groups is 2. The van der Waals surface area contributed by atoms with Crippen LogP contribution in [0.2, 0.25) is 0 Å². The Labute approximate surface area is 191 Å². The Kier molecular flexibility index (Phi) is 7.58. The molecule has 0 radical (unpaired) electrons. The average molecular weight is 453 g/mol. The van der Waals surface area contributed by atoms with Gasteiger partial charge in [0.15, 0.2) is 0 Å². The van der Waals surface area contributed by atoms with Gasteiger partial charge < -0.3 is 10.6 Å². The first-order valence-corrected chi connectivity index (χ1v) is 11.6. The number of thioether (sulfide) groups is 1. The summed E-state index contributed by atoms with van der Waals surface area (Å²) in [5.41, 5.74) is 3.18. The predicted octanol–water partition coefficient (Wildman–Crippen LogP) is 3.92. The Morgan fingerprint density at radius 3 is 2.19 bits per heavy atom. The molecule has 2 aromatic carbocycles. The van der Waals surface area contributed by atoms with Gasteiger partial charge in [-0.15, -0.1) is 11.8 Å². The van der Waals surface area contributed by atoms with Gasteiger partial charge in [0.2, 0.25) is 11.8 Å². The molecule has 0 bridgehead atoms. The number of nitrogens with one attached hydrogen (secondary N) is 2. The van der Waals surface area contributed by atoms with Crippen LogP contribution in [0.1, 0.15) is 31.0 Å². The minimum absolute atomic E-state index is 0.0678. The number of anilines is 2. The maximum atomic E-state index is 12.9. The van der Waals surface area contributed by atoms with Gasteiger partial charge in [0, 0.05) is 12.7 Å². The predicted molar refractivity (Wildman–Crippen MR) is 131 cm³/mol. The zero-order valence-corrected chi connectivity index (χ0v) is 19.5. The van der Waals surface area contributed by atoms with Crippen molar-refractivity contribution in [3.63, 3.8) is 0 Å². The number of rotatable bonds is 8. The van der Waals surface area contributed by atoms with Crippen molar-refractivity contribution in [2.24, 2.45) is 7.05 Å². The summed E-state index contributed by atoms with van der Waals surface area (Å²) in [4.78, 5) is 37.6. The molecular formula is C24H28N4O3S. The molecule has 0 unspecified atom stereocenters. The van der Waals surface area contributed by atoms with E-state index < -0.39 is 0 Å². The molecule has 168 valence electrons. The fraction of sp³-hybridized carbons (Fsp3) is 0.292. The number of aromatic nitrogens is 2. The molecule has 3 rings (SSSR count). The van der Waals surface area contributed by atoms with Crippen molar-refractivity contribution in [2.45, 2.75) is 26.7 Å². The second-order valence-electron chi connectivity index (χ2n) is 7.77. The fourth-order valence-corrected chi connectivity index (χ4v) is 4.04. The highest BCUT2D eigenvalue weighted by molar-refractivity contribution is 8.00. The van der Waals surface area contributed by atoms with Crippen LogP contribution < -0.4 is 16.2 Å². The molecule has 7 nitrogen and oxygen atoms in total. The molecule has 0 spiro atoms. The van der Waals surface area contributed by atoms with Crippen molar-refractivity contribution in [3.8, 4) is 5.69 Å². The molecule has 2 N–H and O–H groups in total. The highest BCUT2D eigenvalue weighted by Gasteiger charge is 2.18. The van der Waals surface area contributed by atoms with Gasteiger partial charge in [0.25, 0.3) is 5.56 Å². The standard InChI is InChI=1S/C24H28N4O3S/c1-16(2)19-12-8-9-13-20(19)25-21(29)14-32-15-22(30)26-23-17(3)27(4)28(24(23)31)18-10-6-5-7-11-18/h5-13,16H,14-15H2,1-4H3,(H,25,29)(H,26,30). The number of nitrogens with zero attached hydrogens (tertiary/aromatic N) is 2. The Bertz CT molecular complexity index is 1170. The van der Waals surface area contributed by atoms with Crippen LogP contribution in [-0.2, 0) is 16.6 Å². The number of hydrogen-bond acceptors (Lipinski definition) is 4. The van der Waals surface area contributed by atoms with Crippen molar-refractivity contribution in [1.82, 2.24) is 9.36 Å². The third-order valence-electron chi connectivity index (χ3n) is 5.14. The normalized spacial score (nSPS) is 10.9. The van der Waals surface area contributed by atoms with E-state index >= 15 is 0 Å². The van der Waals surface area contributed by atoms with Crippen LogP contribution in [0.25, 0.3) is 5.69 Å². The molecule has 1 heterocycles. The second kappa shape index (κ2) is 10.4. The first kappa shape index (κ1) is 23.4. The number of para-hydroxylation sites is 2. The van der Waals surface area contributed by atoms with Gasteiger partial charge in [0.05, 0.1) is 22.9 Å². The molecule has 0 atom stereocenters. The van der Waals surface area contributed by atoms with Crippen LogP contribution in [-0.4, -0.2) is 32.7 Å². The van der Waals surface area contributed by atoms with Gasteiger partial charge >= 0.3 is 0 Å². The number of benzene rings is 2. The lowest BCUT2D eigenvalue weighted by Crippen LogP contribution is -2.24. The van der Waals surface area contributed by atoms with Crippen molar-refractivity contribution in [3.05, 3.63) is 76.2 Å². The lowest BCUT2D eigenvalue weighted by molar-refractivity contribution is -0.114. The van der Waals surface area contributed by atoms with Crippen molar-refractivity contribution < 1.29 is 9.59 Å². The van der Waals surface area contributed by atoms with E-state index in [0.717, 1.165) is 16.9 Å². The summed E-state index contributed by atoms with van der Waals surface area (Å²) in [5.74, 6) is 0.00818. The summed E-state index contributed by atoms with van der Waals surface area (Å²) >= 11 is 1.20. The largest absolute Gasteiger partial charge is 0.325 e. The number of hydrogen-bond donors (Lipinski definition) is 2. The van der Waals surface area contributed by atoms with Crippen LogP contribution in [0.5, 0.6) is 0 Å². The highest BCUT2D eigenvalue weighted by atomic mass is 32.2. The monoisotopic (exact) mass is 452 g/mol. The summed E-state index contributed by atoms with van der Waals surface area (Å²) < 4.78 is 3.22. The maximum absolute atomic E-state index is 12.9. The molecule has 0 aliphatic heterocycles. The van der Waals surface area contributed by atoms with Gasteiger partial charge in [-0.2, -0.15) is 0 Å². The van der Waals surface area contributed by atoms with E-state index in [1.807, 2.05) is 54.6 Å². The molecule has 0 saturated heterocycles. The van der Waals surface area contributed by atoms with Gasteiger partial charge in [-0.05, 0) is 36.6 Å². The van der Waals surface area contributed by atoms with Crippen LogP contribution in [0.3, 0.4) is 0 Å². The summed E-state index contributed by atoms with van der Waals surface area (Å²) in [5, 5.41) is 5.63. The van der Waals surface area contributed by atoms with E-state index in [0.29, 0.717) is 11.6 Å². The third-order valence-corrected chi connectivity index (χ3v) is 6.07. The minimum Gasteiger partial charge on any atom is -0.325 e. The smallest absolute Gasteiger partial charge is 0.295 e. The first-order valence-electron chi connectivity index (χ1n) is 10.4. The van der Waals surface area contributed by atoms with Crippen molar-refractivity contribution >= 4 is 35.0 Å². The zero-order valence-electron chi connectivity index (χ0n) is 18.7. The summed E-state index contributed by atoms with van der Waals surface area (Å²) in [6, 6.07) is 16.9. The summed E-state index contributed by atoms with van der Waals surface area (Å²) in [7, 11) is 1.77. The second-order valence-corrected chi connectivity index (χ2v) is 8.75. The molecule has 2 amide bonds. The van der Waals surface area contributed by atoms with Gasteiger partial charge in [0.1, 0.15) is 5.69 Å². The van der Waals surface area contributed by atoms with Gasteiger partial charge in [-0.3, -0.25) is 19.1 Å². The van der Waals surface area contributed by atoms with Crippen LogP contribution >= 0.6 is 11.8 Å². The van der Waals surface area contributed by atoms with E-state index in [1.165, 1.54) is 16.4 Å². The average Bonchev–Trinajstić information content (AvgIpc) is 2.97. The molecule has 8 heteroatoms. The minimum atomic E-state index is -0.323. The molecular weight excluding hydrogens is 424 g/mol. The lowest BCUT2D eigenvalue weighted by Gasteiger charge is -2.13. The van der Waals surface area contributed by atoms with Crippen molar-refractivity contribution in [2.75, 3.05) is 22.1 Å². The Morgan fingerprint density at radius 1 is 0.938 bits per heavy atom. The van der Waals surface area contributed by atoms with E-state index in [9.17, 15) is 14.4 Å². The van der Waals surface area contributed by atoms with Crippen molar-refractivity contribution in [1.29, 1.82) is 0 Å². The van der Waals surface area contributed by atoms with Gasteiger partial charge in [-0.25, -0.2) is 4.68 Å². The zero-order chi connectivity index (χ0) is 23.3. The van der Waals surface area contributed by atoms with Gasteiger partial charge in [-0.1, -0.05) is 50.2 Å². The van der Waals surface area contributed by atoms with E-state index in [1.54, 1.807) is 18.7 Å². The fourth-order valence-electron chi connectivity index (χ4n) is 3.42. The number of amides is 2. The molecule has 3 aromatic rings. The van der Waals surface area contributed by atoms with Crippen LogP contribution in [0, 0.1) is 6.92 Å². The highest BCUT2D eigenvalue weighted by Crippen LogP contribution is 2.23. The van der Waals surface area contributed by atoms with E-state index in [4.69, 9.17) is 0 Å². The topological polar surface area (TPSA) is 85.1 Å². The molecule has 1 aromatic heterocycles. The Balaban J connectivity index is 1.58. The van der Waals surface area contributed by atoms with Crippen LogP contribution in [0.15, 0.2) is 59.4 Å². The van der Waals surface area contributed by atoms with E-state index in [2.05, 4.69) is 24.5 Å². The maximum Gasteiger partial charge on any atom is 0.295 e. The molecule has 0 aliphatic rings. The molecule has 0 fully saturated rings. The van der Waals surface area contributed by atoms with E-state index in [-0.39, 0.29) is 34.6 Å². The molecule has 32 heavy (non-hydrogen) atoms. The summed E-state index contributed by atoms with van der Waals surface area (Å²) in [6.07, 6.45) is 0. The molecule has 0 aliphatic carbocycles. The summed E-state index contributed by atoms with van der Waals surface area (Å²) in [6.45, 7) is 5.92. The lowest BCUT2D eigenvalue weighted by atomic mass is 10.0. The first-order chi connectivity index (χ1) is 15.3. The quantitative estimate of drug-likeness (QED) is 0.543. The van der Waals surface area contributed by atoms with Crippen LogP contribution in [0.4, 0.5) is 11.4 Å².